The van der Waals surface area contributed by atoms with E-state index in [9.17, 15) is 13.7 Å². The van der Waals surface area contributed by atoms with E-state index in [-0.39, 0.29) is 0 Å². The van der Waals surface area contributed by atoms with E-state index in [4.69, 9.17) is 24.5 Å². The van der Waals surface area contributed by atoms with Crippen LogP contribution in [0.5, 0.6) is 0 Å². The summed E-state index contributed by atoms with van der Waals surface area (Å²) in [6, 6.07) is 0. The summed E-state index contributed by atoms with van der Waals surface area (Å²) in [7, 11) is -14.3. The average molecular weight is 269 g/mol. The van der Waals surface area contributed by atoms with Crippen LogP contribution < -0.4 is 0 Å². The van der Waals surface area contributed by atoms with Gasteiger partial charge in [-0.25, -0.2) is 0 Å². The number of rotatable bonds is 4. The summed E-state index contributed by atoms with van der Waals surface area (Å²) in [5, 5.41) is -3.30. The molecule has 0 aliphatic heterocycles. The smallest absolute Gasteiger partial charge is 0.322 e. The van der Waals surface area contributed by atoms with Crippen molar-refractivity contribution in [3.05, 3.63) is 0 Å². The van der Waals surface area contributed by atoms with Gasteiger partial charge in [-0.05, 0) is 6.92 Å². The second kappa shape index (κ2) is 4.06. The highest BCUT2D eigenvalue weighted by molar-refractivity contribution is 7.72. The average Bonchev–Trinajstić information content (AvgIpc) is 1.79. The summed E-state index contributed by atoms with van der Waals surface area (Å²) in [4.78, 5) is 42.5. The SMILES string of the molecule is CC(O[P+](=O)O)(P(=O)(O)O)P(=O)(O)O. The quantitative estimate of drug-likeness (QED) is 0.430. The van der Waals surface area contributed by atoms with E-state index in [1.165, 1.54) is 0 Å². The van der Waals surface area contributed by atoms with E-state index in [1.54, 1.807) is 0 Å². The molecule has 9 nitrogen and oxygen atoms in total. The fourth-order valence-corrected chi connectivity index (χ4v) is 3.35. The third-order valence-electron chi connectivity index (χ3n) is 1.33. The van der Waals surface area contributed by atoms with Gasteiger partial charge in [0, 0.05) is 4.57 Å². The Bertz CT molecular complexity index is 299. The van der Waals surface area contributed by atoms with Crippen LogP contribution in [0.25, 0.3) is 0 Å². The normalized spacial score (nSPS) is 15.4. The molecular formula is C2H8O9P3+. The second-order valence-corrected chi connectivity index (χ2v) is 7.25. The fraction of sp³-hybridized carbons (Fsp3) is 1.00. The van der Waals surface area contributed by atoms with Crippen LogP contribution in [0.3, 0.4) is 0 Å². The van der Waals surface area contributed by atoms with Gasteiger partial charge in [-0.2, -0.15) is 0 Å². The zero-order chi connectivity index (χ0) is 11.8. The van der Waals surface area contributed by atoms with Gasteiger partial charge in [0.25, 0.3) is 0 Å². The number of hydrogen-bond donors (Lipinski definition) is 5. The Hall–Kier alpha value is 0.320. The molecule has 0 aromatic rings. The minimum Gasteiger partial charge on any atom is -0.322 e. The molecule has 1 atom stereocenters. The number of hydrogen-bond acceptors (Lipinski definition) is 4. The monoisotopic (exact) mass is 269 g/mol. The minimum absolute atomic E-state index is 0.359. The molecule has 0 bridgehead atoms. The molecule has 0 spiro atoms. The highest BCUT2D eigenvalue weighted by atomic mass is 31.2. The Morgan fingerprint density at radius 2 is 1.43 bits per heavy atom. The third kappa shape index (κ3) is 2.90. The van der Waals surface area contributed by atoms with Crippen molar-refractivity contribution in [1.29, 1.82) is 0 Å². The molecular weight excluding hydrogens is 261 g/mol. The predicted molar refractivity (Wildman–Crippen MR) is 43.4 cm³/mol. The van der Waals surface area contributed by atoms with Gasteiger partial charge in [0.2, 0.25) is 0 Å². The maximum absolute atomic E-state index is 10.7. The molecule has 0 aromatic heterocycles. The molecule has 0 saturated heterocycles. The Morgan fingerprint density at radius 1 is 1.14 bits per heavy atom. The molecule has 5 N–H and O–H groups in total. The molecule has 0 aliphatic carbocycles. The van der Waals surface area contributed by atoms with Gasteiger partial charge in [-0.15, -0.1) is 4.89 Å². The van der Waals surface area contributed by atoms with E-state index < -0.39 is 28.5 Å². The maximum atomic E-state index is 10.7. The standard InChI is InChI=1S/C2H7O9P3/c1-2(11-12(3)4,13(5,6)7)14(8,9)10/h1H3,(H4-,3,4,5,6,7,8,9,10)/p+1. The van der Waals surface area contributed by atoms with Gasteiger partial charge in [0.1, 0.15) is 0 Å². The van der Waals surface area contributed by atoms with Crippen molar-refractivity contribution in [2.24, 2.45) is 0 Å². The summed E-state index contributed by atoms with van der Waals surface area (Å²) in [5.74, 6) is 0. The Morgan fingerprint density at radius 3 is 1.50 bits per heavy atom. The second-order valence-electron chi connectivity index (χ2n) is 2.35. The van der Waals surface area contributed by atoms with Crippen molar-refractivity contribution in [3.63, 3.8) is 0 Å². The van der Waals surface area contributed by atoms with Gasteiger partial charge in [0.15, 0.2) is 0 Å². The van der Waals surface area contributed by atoms with Crippen LogP contribution in [0.2, 0.25) is 0 Å². The van der Waals surface area contributed by atoms with Gasteiger partial charge < -0.3 is 19.6 Å². The first kappa shape index (κ1) is 14.3. The molecule has 0 saturated carbocycles. The van der Waals surface area contributed by atoms with Crippen LogP contribution in [0.4, 0.5) is 0 Å². The van der Waals surface area contributed by atoms with Crippen LogP contribution in [0.15, 0.2) is 0 Å². The largest absolute Gasteiger partial charge is 0.696 e. The van der Waals surface area contributed by atoms with Gasteiger partial charge in [-0.3, -0.25) is 9.13 Å². The minimum atomic E-state index is -5.39. The van der Waals surface area contributed by atoms with Gasteiger partial charge in [-0.1, -0.05) is 4.52 Å². The lowest BCUT2D eigenvalue weighted by Gasteiger charge is -2.23. The van der Waals surface area contributed by atoms with Crippen molar-refractivity contribution in [3.8, 4) is 0 Å². The van der Waals surface area contributed by atoms with E-state index >= 15 is 0 Å². The first-order valence-corrected chi connectivity index (χ1v) is 7.24. The van der Waals surface area contributed by atoms with Crippen molar-refractivity contribution < 1.29 is 42.7 Å². The van der Waals surface area contributed by atoms with Crippen LogP contribution in [-0.2, 0) is 18.2 Å². The summed E-state index contributed by atoms with van der Waals surface area (Å²) in [5.41, 5.74) is 0. The fourth-order valence-electron chi connectivity index (χ4n) is 0.424. The first-order valence-electron chi connectivity index (χ1n) is 2.88. The molecule has 0 aliphatic rings. The van der Waals surface area contributed by atoms with Crippen LogP contribution in [-0.4, -0.2) is 29.6 Å². The maximum Gasteiger partial charge on any atom is 0.696 e. The summed E-state index contributed by atoms with van der Waals surface area (Å²) < 4.78 is 35.2. The summed E-state index contributed by atoms with van der Waals surface area (Å²) in [6.07, 6.45) is 0. The Kier molecular flexibility index (Phi) is 4.15. The molecule has 0 rings (SSSR count). The highest BCUT2D eigenvalue weighted by Crippen LogP contribution is 2.71. The molecule has 12 heteroatoms. The van der Waals surface area contributed by atoms with E-state index in [0.29, 0.717) is 6.92 Å². The first-order chi connectivity index (χ1) is 5.92. The van der Waals surface area contributed by atoms with E-state index in [2.05, 4.69) is 4.52 Å². The molecule has 0 fully saturated rings. The molecule has 84 valence electrons. The Balaban J connectivity index is 5.41. The lowest BCUT2D eigenvalue weighted by Crippen LogP contribution is -2.26. The topological polar surface area (TPSA) is 162 Å². The molecule has 0 heterocycles. The van der Waals surface area contributed by atoms with Crippen LogP contribution in [0, 0.1) is 0 Å². The van der Waals surface area contributed by atoms with Crippen molar-refractivity contribution in [1.82, 2.24) is 0 Å². The summed E-state index contributed by atoms with van der Waals surface area (Å²) >= 11 is 0. The molecule has 1 unspecified atom stereocenters. The summed E-state index contributed by atoms with van der Waals surface area (Å²) in [6.45, 7) is 0.359. The van der Waals surface area contributed by atoms with Crippen molar-refractivity contribution in [2.45, 2.75) is 12.0 Å². The highest BCUT2D eigenvalue weighted by Gasteiger charge is 2.63. The van der Waals surface area contributed by atoms with E-state index in [0.717, 1.165) is 0 Å². The Labute approximate surface area is 79.0 Å². The molecule has 0 aromatic carbocycles. The van der Waals surface area contributed by atoms with Crippen molar-refractivity contribution >= 4 is 23.4 Å². The van der Waals surface area contributed by atoms with Gasteiger partial charge >= 0.3 is 28.5 Å². The zero-order valence-corrected chi connectivity index (χ0v) is 9.39. The zero-order valence-electron chi connectivity index (χ0n) is 6.71. The van der Waals surface area contributed by atoms with Crippen LogP contribution in [0.1, 0.15) is 6.92 Å². The lowest BCUT2D eigenvalue weighted by molar-refractivity contribution is 0.158. The molecule has 0 amide bonds. The van der Waals surface area contributed by atoms with Crippen molar-refractivity contribution in [2.75, 3.05) is 0 Å². The van der Waals surface area contributed by atoms with E-state index in [1.807, 2.05) is 0 Å². The third-order valence-corrected chi connectivity index (χ3v) is 6.05. The lowest BCUT2D eigenvalue weighted by atomic mass is 10.9. The molecule has 14 heavy (non-hydrogen) atoms. The molecule has 0 radical (unpaired) electrons. The van der Waals surface area contributed by atoms with Crippen LogP contribution >= 0.6 is 23.4 Å². The predicted octanol–water partition coefficient (Wildman–Crippen LogP) is -0.318. The van der Waals surface area contributed by atoms with Gasteiger partial charge in [0.05, 0.1) is 0 Å².